The molecule has 72 valence electrons. The highest BCUT2D eigenvalue weighted by molar-refractivity contribution is 4.76. The first kappa shape index (κ1) is 10.0. The summed E-state index contributed by atoms with van der Waals surface area (Å²) in [6.45, 7) is 4.67. The van der Waals surface area contributed by atoms with E-state index in [0.717, 1.165) is 19.0 Å². The van der Waals surface area contributed by atoms with Crippen molar-refractivity contribution < 1.29 is 5.11 Å². The van der Waals surface area contributed by atoms with Crippen molar-refractivity contribution >= 4 is 0 Å². The fourth-order valence-corrected chi connectivity index (χ4v) is 2.12. The molecule has 2 N–H and O–H groups in total. The number of aliphatic hydroxyl groups excluding tert-OH is 1. The van der Waals surface area contributed by atoms with Crippen molar-refractivity contribution in [3.8, 4) is 0 Å². The summed E-state index contributed by atoms with van der Waals surface area (Å²) in [7, 11) is 0. The van der Waals surface area contributed by atoms with Crippen LogP contribution in [0.15, 0.2) is 0 Å². The highest BCUT2D eigenvalue weighted by atomic mass is 16.3. The summed E-state index contributed by atoms with van der Waals surface area (Å²) in [5, 5.41) is 12.5. The molecule has 0 aromatic heterocycles. The third-order valence-electron chi connectivity index (χ3n) is 2.96. The maximum Gasteiger partial charge on any atom is 0.0462 e. The maximum absolute atomic E-state index is 9.13. The minimum Gasteiger partial charge on any atom is -0.396 e. The van der Waals surface area contributed by atoms with E-state index >= 15 is 0 Å². The molecule has 0 spiro atoms. The van der Waals surface area contributed by atoms with Gasteiger partial charge in [-0.05, 0) is 37.8 Å². The van der Waals surface area contributed by atoms with Gasteiger partial charge in [0.2, 0.25) is 0 Å². The third kappa shape index (κ3) is 2.76. The van der Waals surface area contributed by atoms with Crippen LogP contribution in [0.1, 0.15) is 32.6 Å². The largest absolute Gasteiger partial charge is 0.396 e. The highest BCUT2D eigenvalue weighted by Gasteiger charge is 2.23. The van der Waals surface area contributed by atoms with Crippen LogP contribution in [0.4, 0.5) is 0 Å². The molecule has 1 rings (SSSR count). The van der Waals surface area contributed by atoms with Gasteiger partial charge in [0.15, 0.2) is 0 Å². The molecule has 0 aromatic carbocycles. The molecule has 1 aliphatic carbocycles. The molecule has 0 radical (unpaired) electrons. The normalized spacial score (nSPS) is 30.5. The molecule has 0 aromatic rings. The Morgan fingerprint density at radius 3 is 2.50 bits per heavy atom. The van der Waals surface area contributed by atoms with Gasteiger partial charge in [0, 0.05) is 6.61 Å². The molecule has 1 aliphatic rings. The summed E-state index contributed by atoms with van der Waals surface area (Å²) in [6, 6.07) is 0. The Hall–Kier alpha value is -0.0800. The Labute approximate surface area is 75.4 Å². The van der Waals surface area contributed by atoms with Gasteiger partial charge in [0.05, 0.1) is 0 Å². The van der Waals surface area contributed by atoms with Crippen molar-refractivity contribution in [1.82, 2.24) is 5.32 Å². The molecule has 1 fully saturated rings. The average Bonchev–Trinajstić information content (AvgIpc) is 2.15. The van der Waals surface area contributed by atoms with Crippen molar-refractivity contribution in [2.75, 3.05) is 19.7 Å². The number of hydrogen-bond donors (Lipinski definition) is 2. The zero-order chi connectivity index (χ0) is 8.81. The minimum absolute atomic E-state index is 0.385. The van der Waals surface area contributed by atoms with E-state index in [-0.39, 0.29) is 0 Å². The SMILES string of the molecule is CCNCC1CCCCC1CO. The van der Waals surface area contributed by atoms with E-state index < -0.39 is 0 Å². The van der Waals surface area contributed by atoms with Crippen molar-refractivity contribution in [2.24, 2.45) is 11.8 Å². The van der Waals surface area contributed by atoms with E-state index in [2.05, 4.69) is 12.2 Å². The van der Waals surface area contributed by atoms with E-state index in [0.29, 0.717) is 12.5 Å². The number of nitrogens with one attached hydrogen (secondary N) is 1. The summed E-state index contributed by atoms with van der Waals surface area (Å²) in [5.41, 5.74) is 0. The van der Waals surface area contributed by atoms with Gasteiger partial charge in [-0.1, -0.05) is 19.8 Å². The van der Waals surface area contributed by atoms with Crippen LogP contribution >= 0.6 is 0 Å². The van der Waals surface area contributed by atoms with Crippen molar-refractivity contribution in [3.05, 3.63) is 0 Å². The Morgan fingerprint density at radius 2 is 1.92 bits per heavy atom. The van der Waals surface area contributed by atoms with Crippen LogP contribution in [-0.4, -0.2) is 24.8 Å². The summed E-state index contributed by atoms with van der Waals surface area (Å²) < 4.78 is 0. The highest BCUT2D eigenvalue weighted by Crippen LogP contribution is 2.28. The Bertz CT molecular complexity index is 116. The molecule has 0 bridgehead atoms. The van der Waals surface area contributed by atoms with Crippen LogP contribution in [0, 0.1) is 11.8 Å². The lowest BCUT2D eigenvalue weighted by Crippen LogP contribution is -2.32. The molecule has 0 heterocycles. The fourth-order valence-electron chi connectivity index (χ4n) is 2.12. The Morgan fingerprint density at radius 1 is 1.25 bits per heavy atom. The van der Waals surface area contributed by atoms with Crippen LogP contribution in [0.3, 0.4) is 0 Å². The molecule has 2 atom stereocenters. The van der Waals surface area contributed by atoms with E-state index in [4.69, 9.17) is 5.11 Å². The molecule has 12 heavy (non-hydrogen) atoms. The predicted octanol–water partition coefficient (Wildman–Crippen LogP) is 1.39. The second kappa shape index (κ2) is 5.55. The van der Waals surface area contributed by atoms with Gasteiger partial charge in [0.25, 0.3) is 0 Å². The predicted molar refractivity (Wildman–Crippen MR) is 51.1 cm³/mol. The zero-order valence-corrected chi connectivity index (χ0v) is 8.05. The van der Waals surface area contributed by atoms with E-state index in [1.54, 1.807) is 0 Å². The zero-order valence-electron chi connectivity index (χ0n) is 8.05. The van der Waals surface area contributed by atoms with Crippen LogP contribution in [0.2, 0.25) is 0 Å². The first-order chi connectivity index (χ1) is 5.88. The van der Waals surface area contributed by atoms with Crippen molar-refractivity contribution in [2.45, 2.75) is 32.6 Å². The molecule has 2 unspecified atom stereocenters. The molecule has 1 saturated carbocycles. The smallest absolute Gasteiger partial charge is 0.0462 e. The topological polar surface area (TPSA) is 32.3 Å². The molecule has 0 amide bonds. The lowest BCUT2D eigenvalue weighted by molar-refractivity contribution is 0.133. The van der Waals surface area contributed by atoms with Gasteiger partial charge < -0.3 is 10.4 Å². The standard InChI is InChI=1S/C10H21NO/c1-2-11-7-9-5-3-4-6-10(9)8-12/h9-12H,2-8H2,1H3. The molecular weight excluding hydrogens is 150 g/mol. The van der Waals surface area contributed by atoms with Crippen molar-refractivity contribution in [3.63, 3.8) is 0 Å². The lowest BCUT2D eigenvalue weighted by atomic mass is 9.80. The quantitative estimate of drug-likeness (QED) is 0.670. The molecule has 2 heteroatoms. The van der Waals surface area contributed by atoms with E-state index in [1.807, 2.05) is 0 Å². The maximum atomic E-state index is 9.13. The number of hydrogen-bond acceptors (Lipinski definition) is 2. The van der Waals surface area contributed by atoms with Gasteiger partial charge in [-0.2, -0.15) is 0 Å². The summed E-state index contributed by atoms with van der Waals surface area (Å²) in [5.74, 6) is 1.29. The van der Waals surface area contributed by atoms with Gasteiger partial charge in [0.1, 0.15) is 0 Å². The molecule has 2 nitrogen and oxygen atoms in total. The first-order valence-corrected chi connectivity index (χ1v) is 5.20. The molecule has 0 aliphatic heterocycles. The summed E-state index contributed by atoms with van der Waals surface area (Å²) >= 11 is 0. The average molecular weight is 171 g/mol. The monoisotopic (exact) mass is 171 g/mol. The van der Waals surface area contributed by atoms with Crippen molar-refractivity contribution in [1.29, 1.82) is 0 Å². The second-order valence-electron chi connectivity index (χ2n) is 3.79. The third-order valence-corrected chi connectivity index (χ3v) is 2.96. The van der Waals surface area contributed by atoms with E-state index in [1.165, 1.54) is 25.7 Å². The van der Waals surface area contributed by atoms with Gasteiger partial charge in [-0.25, -0.2) is 0 Å². The van der Waals surface area contributed by atoms with Gasteiger partial charge >= 0.3 is 0 Å². The van der Waals surface area contributed by atoms with Gasteiger partial charge in [-0.3, -0.25) is 0 Å². The van der Waals surface area contributed by atoms with Crippen LogP contribution in [0.25, 0.3) is 0 Å². The lowest BCUT2D eigenvalue weighted by Gasteiger charge is -2.30. The Kier molecular flexibility index (Phi) is 4.62. The van der Waals surface area contributed by atoms with Crippen LogP contribution in [0.5, 0.6) is 0 Å². The minimum atomic E-state index is 0.385. The number of rotatable bonds is 4. The number of aliphatic hydroxyl groups is 1. The van der Waals surface area contributed by atoms with Crippen LogP contribution in [-0.2, 0) is 0 Å². The molecule has 0 saturated heterocycles. The Balaban J connectivity index is 2.26. The molecular formula is C10H21NO. The second-order valence-corrected chi connectivity index (χ2v) is 3.79. The first-order valence-electron chi connectivity index (χ1n) is 5.20. The summed E-state index contributed by atoms with van der Waals surface area (Å²) in [6.07, 6.45) is 5.20. The van der Waals surface area contributed by atoms with Gasteiger partial charge in [-0.15, -0.1) is 0 Å². The summed E-state index contributed by atoms with van der Waals surface area (Å²) in [4.78, 5) is 0. The fraction of sp³-hybridized carbons (Fsp3) is 1.00. The van der Waals surface area contributed by atoms with E-state index in [9.17, 15) is 0 Å². The van der Waals surface area contributed by atoms with Crippen LogP contribution < -0.4 is 5.32 Å².